The fraction of sp³-hybridized carbons (Fsp3) is 1.00. The zero-order chi connectivity index (χ0) is 10.4. The van der Waals surface area contributed by atoms with Crippen molar-refractivity contribution in [2.75, 3.05) is 13.2 Å². The van der Waals surface area contributed by atoms with E-state index in [1.54, 1.807) is 0 Å². The number of aliphatic hydroxyl groups is 1. The molecule has 84 valence electrons. The second kappa shape index (κ2) is 6.41. The summed E-state index contributed by atoms with van der Waals surface area (Å²) < 4.78 is 0. The van der Waals surface area contributed by atoms with Gasteiger partial charge in [-0.3, -0.25) is 0 Å². The summed E-state index contributed by atoms with van der Waals surface area (Å²) in [5.41, 5.74) is 0. The molecule has 0 aromatic carbocycles. The number of nitrogens with one attached hydrogen (secondary N) is 1. The van der Waals surface area contributed by atoms with Gasteiger partial charge < -0.3 is 10.4 Å². The maximum atomic E-state index is 8.86. The molecule has 0 radical (unpaired) electrons. The van der Waals surface area contributed by atoms with Crippen LogP contribution in [0.4, 0.5) is 0 Å². The van der Waals surface area contributed by atoms with Crippen molar-refractivity contribution < 1.29 is 5.11 Å². The third-order valence-corrected chi connectivity index (χ3v) is 3.31. The predicted molar refractivity (Wildman–Crippen MR) is 60.3 cm³/mol. The molecular formula is C12H25NO. The topological polar surface area (TPSA) is 32.3 Å². The summed E-state index contributed by atoms with van der Waals surface area (Å²) in [5, 5.41) is 12.5. The van der Waals surface area contributed by atoms with Crippen LogP contribution >= 0.6 is 0 Å². The first kappa shape index (κ1) is 12.0. The molecule has 0 amide bonds. The van der Waals surface area contributed by atoms with E-state index in [1.165, 1.54) is 25.7 Å². The molecule has 1 aliphatic carbocycles. The standard InChI is InChI=1S/C12H25NO/c1-10-5-6-12(8-10)13-7-3-4-11(2)9-14/h10-14H,3-9H2,1-2H3. The molecule has 0 heterocycles. The highest BCUT2D eigenvalue weighted by Crippen LogP contribution is 2.24. The molecule has 0 bridgehead atoms. The second-order valence-corrected chi connectivity index (χ2v) is 5.00. The zero-order valence-electron chi connectivity index (χ0n) is 9.63. The molecule has 0 aromatic heterocycles. The minimum absolute atomic E-state index is 0.334. The summed E-state index contributed by atoms with van der Waals surface area (Å²) in [6.45, 7) is 5.91. The lowest BCUT2D eigenvalue weighted by atomic mass is 10.1. The molecule has 0 spiro atoms. The Labute approximate surface area is 88.1 Å². The molecule has 3 atom stereocenters. The van der Waals surface area contributed by atoms with E-state index in [2.05, 4.69) is 19.2 Å². The van der Waals surface area contributed by atoms with Crippen LogP contribution in [0, 0.1) is 11.8 Å². The van der Waals surface area contributed by atoms with Crippen LogP contribution in [0.15, 0.2) is 0 Å². The fourth-order valence-electron chi connectivity index (χ4n) is 2.24. The summed E-state index contributed by atoms with van der Waals surface area (Å²) in [7, 11) is 0. The average Bonchev–Trinajstić information content (AvgIpc) is 2.58. The van der Waals surface area contributed by atoms with E-state index in [9.17, 15) is 0 Å². The molecule has 2 N–H and O–H groups in total. The van der Waals surface area contributed by atoms with Crippen molar-refractivity contribution in [1.29, 1.82) is 0 Å². The molecule has 2 nitrogen and oxygen atoms in total. The van der Waals surface area contributed by atoms with E-state index in [0.717, 1.165) is 24.9 Å². The van der Waals surface area contributed by atoms with Gasteiger partial charge in [0.15, 0.2) is 0 Å². The Morgan fingerprint density at radius 1 is 1.43 bits per heavy atom. The lowest BCUT2D eigenvalue weighted by molar-refractivity contribution is 0.227. The Balaban J connectivity index is 1.94. The molecule has 1 aliphatic rings. The minimum Gasteiger partial charge on any atom is -0.396 e. The highest BCUT2D eigenvalue weighted by atomic mass is 16.3. The van der Waals surface area contributed by atoms with E-state index >= 15 is 0 Å². The van der Waals surface area contributed by atoms with Crippen LogP contribution in [0.1, 0.15) is 46.0 Å². The van der Waals surface area contributed by atoms with Gasteiger partial charge in [-0.1, -0.05) is 13.8 Å². The maximum Gasteiger partial charge on any atom is 0.0456 e. The summed E-state index contributed by atoms with van der Waals surface area (Å²) in [5.74, 6) is 1.39. The van der Waals surface area contributed by atoms with E-state index in [-0.39, 0.29) is 0 Å². The van der Waals surface area contributed by atoms with Gasteiger partial charge in [0, 0.05) is 12.6 Å². The number of rotatable bonds is 6. The van der Waals surface area contributed by atoms with Crippen LogP contribution < -0.4 is 5.32 Å². The third kappa shape index (κ3) is 4.43. The Bertz CT molecular complexity index is 149. The van der Waals surface area contributed by atoms with E-state index < -0.39 is 0 Å². The Morgan fingerprint density at radius 3 is 2.79 bits per heavy atom. The molecular weight excluding hydrogens is 174 g/mol. The van der Waals surface area contributed by atoms with E-state index in [1.807, 2.05) is 0 Å². The fourth-order valence-corrected chi connectivity index (χ4v) is 2.24. The monoisotopic (exact) mass is 199 g/mol. The van der Waals surface area contributed by atoms with Crippen molar-refractivity contribution in [2.45, 2.75) is 52.0 Å². The van der Waals surface area contributed by atoms with E-state index in [4.69, 9.17) is 5.11 Å². The number of hydrogen-bond acceptors (Lipinski definition) is 2. The highest BCUT2D eigenvalue weighted by molar-refractivity contribution is 4.77. The van der Waals surface area contributed by atoms with Crippen LogP contribution in [0.2, 0.25) is 0 Å². The maximum absolute atomic E-state index is 8.86. The lowest BCUT2D eigenvalue weighted by Crippen LogP contribution is -2.27. The van der Waals surface area contributed by atoms with Crippen LogP contribution in [0.25, 0.3) is 0 Å². The SMILES string of the molecule is CC(CO)CCCNC1CCC(C)C1. The number of hydrogen-bond donors (Lipinski definition) is 2. The molecule has 1 fully saturated rings. The smallest absolute Gasteiger partial charge is 0.0456 e. The Kier molecular flexibility index (Phi) is 5.49. The van der Waals surface area contributed by atoms with Gasteiger partial charge in [-0.25, -0.2) is 0 Å². The minimum atomic E-state index is 0.334. The second-order valence-electron chi connectivity index (χ2n) is 5.00. The van der Waals surface area contributed by atoms with Crippen molar-refractivity contribution >= 4 is 0 Å². The predicted octanol–water partition coefficient (Wildman–Crippen LogP) is 2.17. The van der Waals surface area contributed by atoms with Crippen molar-refractivity contribution in [1.82, 2.24) is 5.32 Å². The van der Waals surface area contributed by atoms with E-state index in [0.29, 0.717) is 12.5 Å². The molecule has 1 saturated carbocycles. The largest absolute Gasteiger partial charge is 0.396 e. The van der Waals surface area contributed by atoms with Crippen LogP contribution in [-0.4, -0.2) is 24.3 Å². The first-order chi connectivity index (χ1) is 6.72. The Morgan fingerprint density at radius 2 is 2.21 bits per heavy atom. The first-order valence-electron chi connectivity index (χ1n) is 6.06. The zero-order valence-corrected chi connectivity index (χ0v) is 9.63. The summed E-state index contributed by atoms with van der Waals surface area (Å²) in [6.07, 6.45) is 6.45. The van der Waals surface area contributed by atoms with Crippen molar-refractivity contribution in [3.63, 3.8) is 0 Å². The summed E-state index contributed by atoms with van der Waals surface area (Å²) >= 11 is 0. The molecule has 0 saturated heterocycles. The average molecular weight is 199 g/mol. The molecule has 1 rings (SSSR count). The highest BCUT2D eigenvalue weighted by Gasteiger charge is 2.19. The van der Waals surface area contributed by atoms with Gasteiger partial charge in [0.1, 0.15) is 0 Å². The van der Waals surface area contributed by atoms with Gasteiger partial charge in [0.25, 0.3) is 0 Å². The van der Waals surface area contributed by atoms with Crippen LogP contribution in [0.3, 0.4) is 0 Å². The van der Waals surface area contributed by atoms with Crippen molar-refractivity contribution in [3.8, 4) is 0 Å². The van der Waals surface area contributed by atoms with Gasteiger partial charge in [0.05, 0.1) is 0 Å². The van der Waals surface area contributed by atoms with Gasteiger partial charge in [0.2, 0.25) is 0 Å². The normalized spacial score (nSPS) is 29.4. The van der Waals surface area contributed by atoms with Gasteiger partial charge >= 0.3 is 0 Å². The van der Waals surface area contributed by atoms with Gasteiger partial charge in [-0.05, 0) is 50.5 Å². The first-order valence-corrected chi connectivity index (χ1v) is 6.06. The number of aliphatic hydroxyl groups excluding tert-OH is 1. The van der Waals surface area contributed by atoms with Gasteiger partial charge in [-0.2, -0.15) is 0 Å². The van der Waals surface area contributed by atoms with Crippen molar-refractivity contribution in [2.24, 2.45) is 11.8 Å². The molecule has 0 aliphatic heterocycles. The summed E-state index contributed by atoms with van der Waals surface area (Å²) in [6, 6.07) is 0.773. The summed E-state index contributed by atoms with van der Waals surface area (Å²) in [4.78, 5) is 0. The molecule has 14 heavy (non-hydrogen) atoms. The van der Waals surface area contributed by atoms with Crippen molar-refractivity contribution in [3.05, 3.63) is 0 Å². The lowest BCUT2D eigenvalue weighted by Gasteiger charge is -2.13. The van der Waals surface area contributed by atoms with Crippen LogP contribution in [-0.2, 0) is 0 Å². The molecule has 0 aromatic rings. The molecule has 2 heteroatoms. The Hall–Kier alpha value is -0.0800. The molecule has 3 unspecified atom stereocenters. The van der Waals surface area contributed by atoms with Crippen LogP contribution in [0.5, 0.6) is 0 Å². The third-order valence-electron chi connectivity index (χ3n) is 3.31. The quantitative estimate of drug-likeness (QED) is 0.643. The van der Waals surface area contributed by atoms with Gasteiger partial charge in [-0.15, -0.1) is 0 Å².